The minimum Gasteiger partial charge on any atom is -0.300 e. The molecule has 0 spiro atoms. The molecule has 0 saturated carbocycles. The molecule has 3 heteroatoms. The zero-order chi connectivity index (χ0) is 12.2. The average molecular weight is 244 g/mol. The van der Waals surface area contributed by atoms with Crippen LogP contribution in [0.15, 0.2) is 0 Å². The molecule has 0 radical (unpaired) electrons. The van der Waals surface area contributed by atoms with Gasteiger partial charge in [-0.1, -0.05) is 13.3 Å². The van der Waals surface area contributed by atoms with Gasteiger partial charge in [0.25, 0.3) is 0 Å². The van der Waals surface area contributed by atoms with Gasteiger partial charge in [0.15, 0.2) is 0 Å². The van der Waals surface area contributed by atoms with E-state index < -0.39 is 0 Å². The van der Waals surface area contributed by atoms with E-state index in [0.29, 0.717) is 5.54 Å². The molecule has 1 unspecified atom stereocenters. The summed E-state index contributed by atoms with van der Waals surface area (Å²) in [5, 5.41) is 0. The van der Waals surface area contributed by atoms with E-state index in [1.807, 2.05) is 0 Å². The molecule has 0 aliphatic carbocycles. The fourth-order valence-electron chi connectivity index (χ4n) is 2.51. The molecule has 1 rings (SSSR count). The van der Waals surface area contributed by atoms with Crippen LogP contribution in [0.1, 0.15) is 33.6 Å². The second kappa shape index (κ2) is 6.27. The molecule has 0 aromatic carbocycles. The van der Waals surface area contributed by atoms with E-state index in [4.69, 9.17) is 0 Å². The molecule has 2 nitrogen and oxygen atoms in total. The predicted molar refractivity (Wildman–Crippen MR) is 75.4 cm³/mol. The molecule has 1 aliphatic heterocycles. The van der Waals surface area contributed by atoms with Gasteiger partial charge in [-0.2, -0.15) is 12.6 Å². The maximum Gasteiger partial charge on any atom is 0.0277 e. The Morgan fingerprint density at radius 3 is 2.50 bits per heavy atom. The Hall–Kier alpha value is 0.270. The van der Waals surface area contributed by atoms with Crippen molar-refractivity contribution in [3.8, 4) is 0 Å². The van der Waals surface area contributed by atoms with Gasteiger partial charge in [0.1, 0.15) is 0 Å². The highest BCUT2D eigenvalue weighted by molar-refractivity contribution is 7.80. The summed E-state index contributed by atoms with van der Waals surface area (Å²) in [5.41, 5.74) is 0.325. The third-order valence-corrected chi connectivity index (χ3v) is 4.38. The highest BCUT2D eigenvalue weighted by atomic mass is 32.1. The predicted octanol–water partition coefficient (Wildman–Crippen LogP) is 2.36. The van der Waals surface area contributed by atoms with Gasteiger partial charge in [-0.15, -0.1) is 0 Å². The van der Waals surface area contributed by atoms with Crippen LogP contribution in [0.2, 0.25) is 0 Å². The monoisotopic (exact) mass is 244 g/mol. The smallest absolute Gasteiger partial charge is 0.0277 e. The summed E-state index contributed by atoms with van der Waals surface area (Å²) in [7, 11) is 2.24. The maximum absolute atomic E-state index is 4.47. The van der Waals surface area contributed by atoms with Gasteiger partial charge < -0.3 is 0 Å². The zero-order valence-corrected chi connectivity index (χ0v) is 12.3. The molecule has 0 amide bonds. The summed E-state index contributed by atoms with van der Waals surface area (Å²) < 4.78 is 0. The van der Waals surface area contributed by atoms with Crippen LogP contribution >= 0.6 is 12.6 Å². The number of nitrogens with zero attached hydrogens (tertiary/aromatic N) is 2. The normalized spacial score (nSPS) is 24.6. The summed E-state index contributed by atoms with van der Waals surface area (Å²) in [4.78, 5) is 5.09. The van der Waals surface area contributed by atoms with Crippen LogP contribution in [-0.2, 0) is 0 Å². The van der Waals surface area contributed by atoms with Gasteiger partial charge in [0.2, 0.25) is 0 Å². The van der Waals surface area contributed by atoms with Crippen LogP contribution in [-0.4, -0.2) is 54.3 Å². The Morgan fingerprint density at radius 2 is 2.00 bits per heavy atom. The Kier molecular flexibility index (Phi) is 5.62. The topological polar surface area (TPSA) is 6.48 Å². The lowest BCUT2D eigenvalue weighted by atomic mass is 9.97. The Morgan fingerprint density at radius 1 is 1.31 bits per heavy atom. The molecule has 1 atom stereocenters. The lowest BCUT2D eigenvalue weighted by Crippen LogP contribution is -2.58. The lowest BCUT2D eigenvalue weighted by Gasteiger charge is -2.46. The van der Waals surface area contributed by atoms with Crippen LogP contribution in [0.5, 0.6) is 0 Å². The minimum absolute atomic E-state index is 0.325. The number of hydrogen-bond donors (Lipinski definition) is 1. The standard InChI is InChI=1S/C13H28N2S/c1-5-6-12(10-16)9-15-8-7-14(4)13(2,3)11-15/h12,16H,5-11H2,1-4H3. The first-order valence-electron chi connectivity index (χ1n) is 6.54. The van der Waals surface area contributed by atoms with Crippen molar-refractivity contribution in [2.24, 2.45) is 5.92 Å². The second-order valence-electron chi connectivity index (χ2n) is 5.81. The minimum atomic E-state index is 0.325. The van der Waals surface area contributed by atoms with Crippen molar-refractivity contribution in [3.63, 3.8) is 0 Å². The molecular formula is C13H28N2S. The third-order valence-electron chi connectivity index (χ3n) is 3.87. The van der Waals surface area contributed by atoms with Gasteiger partial charge >= 0.3 is 0 Å². The molecule has 16 heavy (non-hydrogen) atoms. The Labute approximate surface area is 107 Å². The van der Waals surface area contributed by atoms with E-state index >= 15 is 0 Å². The molecule has 0 aromatic rings. The van der Waals surface area contributed by atoms with Crippen molar-refractivity contribution in [3.05, 3.63) is 0 Å². The van der Waals surface area contributed by atoms with E-state index in [1.54, 1.807) is 0 Å². The average Bonchev–Trinajstić information content (AvgIpc) is 2.22. The maximum atomic E-state index is 4.47. The first kappa shape index (κ1) is 14.3. The Bertz CT molecular complexity index is 206. The molecule has 1 aliphatic rings. The van der Waals surface area contributed by atoms with Crippen LogP contribution in [0.4, 0.5) is 0 Å². The van der Waals surface area contributed by atoms with E-state index in [2.05, 4.69) is 50.2 Å². The van der Waals surface area contributed by atoms with Gasteiger partial charge in [-0.3, -0.25) is 9.80 Å². The second-order valence-corrected chi connectivity index (χ2v) is 6.17. The lowest BCUT2D eigenvalue weighted by molar-refractivity contribution is 0.0330. The van der Waals surface area contributed by atoms with E-state index in [-0.39, 0.29) is 0 Å². The van der Waals surface area contributed by atoms with Gasteiger partial charge in [-0.05, 0) is 39.0 Å². The first-order valence-corrected chi connectivity index (χ1v) is 7.17. The SMILES string of the molecule is CCCC(CS)CN1CCN(C)C(C)(C)C1. The van der Waals surface area contributed by atoms with Crippen LogP contribution < -0.4 is 0 Å². The van der Waals surface area contributed by atoms with Gasteiger partial charge in [0.05, 0.1) is 0 Å². The summed E-state index contributed by atoms with van der Waals surface area (Å²) in [5.74, 6) is 1.80. The summed E-state index contributed by atoms with van der Waals surface area (Å²) >= 11 is 4.47. The van der Waals surface area contributed by atoms with E-state index in [0.717, 1.165) is 11.7 Å². The quantitative estimate of drug-likeness (QED) is 0.742. The van der Waals surface area contributed by atoms with E-state index in [1.165, 1.54) is 39.0 Å². The molecule has 1 saturated heterocycles. The number of rotatable bonds is 5. The van der Waals surface area contributed by atoms with Crippen LogP contribution in [0.3, 0.4) is 0 Å². The zero-order valence-electron chi connectivity index (χ0n) is 11.4. The third kappa shape index (κ3) is 3.94. The van der Waals surface area contributed by atoms with Crippen molar-refractivity contribution in [2.45, 2.75) is 39.2 Å². The molecule has 1 fully saturated rings. The van der Waals surface area contributed by atoms with Gasteiger partial charge in [0, 0.05) is 31.7 Å². The molecule has 0 bridgehead atoms. The van der Waals surface area contributed by atoms with Crippen molar-refractivity contribution >= 4 is 12.6 Å². The van der Waals surface area contributed by atoms with Crippen molar-refractivity contribution in [1.82, 2.24) is 9.80 Å². The summed E-state index contributed by atoms with van der Waals surface area (Å²) in [6, 6.07) is 0. The van der Waals surface area contributed by atoms with Crippen LogP contribution in [0, 0.1) is 5.92 Å². The van der Waals surface area contributed by atoms with Crippen LogP contribution in [0.25, 0.3) is 0 Å². The van der Waals surface area contributed by atoms with Crippen molar-refractivity contribution in [2.75, 3.05) is 39.0 Å². The van der Waals surface area contributed by atoms with Crippen molar-refractivity contribution in [1.29, 1.82) is 0 Å². The first-order chi connectivity index (χ1) is 7.49. The molecular weight excluding hydrogens is 216 g/mol. The number of likely N-dealkylation sites (N-methyl/N-ethyl adjacent to an activating group) is 1. The fraction of sp³-hybridized carbons (Fsp3) is 1.00. The summed E-state index contributed by atoms with van der Waals surface area (Å²) in [6.07, 6.45) is 2.60. The number of piperazine rings is 1. The fourth-order valence-corrected chi connectivity index (χ4v) is 2.81. The largest absolute Gasteiger partial charge is 0.300 e. The van der Waals surface area contributed by atoms with Crippen molar-refractivity contribution < 1.29 is 0 Å². The van der Waals surface area contributed by atoms with E-state index in [9.17, 15) is 0 Å². The van der Waals surface area contributed by atoms with Gasteiger partial charge in [-0.25, -0.2) is 0 Å². The molecule has 0 aromatic heterocycles. The molecule has 96 valence electrons. The molecule has 0 N–H and O–H groups in total. The Balaban J connectivity index is 2.43. The number of thiol groups is 1. The highest BCUT2D eigenvalue weighted by Gasteiger charge is 2.31. The highest BCUT2D eigenvalue weighted by Crippen LogP contribution is 2.20. The summed E-state index contributed by atoms with van der Waals surface area (Å²) in [6.45, 7) is 11.8. The number of hydrogen-bond acceptors (Lipinski definition) is 3. The molecule has 1 heterocycles.